The van der Waals surface area contributed by atoms with Crippen molar-refractivity contribution in [2.45, 2.75) is 13.2 Å². The van der Waals surface area contributed by atoms with Gasteiger partial charge in [0, 0.05) is 13.5 Å². The SMILES string of the molecule is [C]#COC(C)OC. The lowest BCUT2D eigenvalue weighted by Crippen LogP contribution is -2.05. The fraction of sp³-hybridized carbons (Fsp3) is 0.600. The minimum Gasteiger partial charge on any atom is -0.414 e. The molecule has 0 spiro atoms. The van der Waals surface area contributed by atoms with Crippen molar-refractivity contribution in [1.29, 1.82) is 0 Å². The summed E-state index contributed by atoms with van der Waals surface area (Å²) >= 11 is 0. The maximum Gasteiger partial charge on any atom is 0.207 e. The molecule has 0 bridgehead atoms. The van der Waals surface area contributed by atoms with Gasteiger partial charge in [0.05, 0.1) is 0 Å². The first kappa shape index (κ1) is 6.32. The van der Waals surface area contributed by atoms with Crippen molar-refractivity contribution in [3.63, 3.8) is 0 Å². The van der Waals surface area contributed by atoms with Gasteiger partial charge in [-0.3, -0.25) is 0 Å². The summed E-state index contributed by atoms with van der Waals surface area (Å²) < 4.78 is 8.97. The molecule has 0 saturated carbocycles. The van der Waals surface area contributed by atoms with E-state index >= 15 is 0 Å². The second-order valence-corrected chi connectivity index (χ2v) is 1.02. The van der Waals surface area contributed by atoms with Crippen LogP contribution in [0.3, 0.4) is 0 Å². The van der Waals surface area contributed by atoms with Crippen molar-refractivity contribution in [1.82, 2.24) is 0 Å². The van der Waals surface area contributed by atoms with Crippen LogP contribution in [-0.2, 0) is 9.47 Å². The smallest absolute Gasteiger partial charge is 0.207 e. The quantitative estimate of drug-likeness (QED) is 0.371. The first-order chi connectivity index (χ1) is 3.31. The fourth-order valence-corrected chi connectivity index (χ4v) is 0.131. The van der Waals surface area contributed by atoms with Crippen LogP contribution in [0, 0.1) is 12.5 Å². The van der Waals surface area contributed by atoms with Crippen LogP contribution in [0.1, 0.15) is 6.92 Å². The highest BCUT2D eigenvalue weighted by molar-refractivity contribution is 4.55. The van der Waals surface area contributed by atoms with Crippen molar-refractivity contribution in [3.05, 3.63) is 6.42 Å². The third-order valence-corrected chi connectivity index (χ3v) is 0.557. The zero-order chi connectivity index (χ0) is 5.70. The molecule has 1 unspecified atom stereocenters. The maximum atomic E-state index is 6.28. The van der Waals surface area contributed by atoms with Gasteiger partial charge >= 0.3 is 0 Å². The Morgan fingerprint density at radius 2 is 2.29 bits per heavy atom. The molecular formula is C5H7O2. The molecule has 39 valence electrons. The molecule has 0 aliphatic rings. The van der Waals surface area contributed by atoms with Crippen LogP contribution >= 0.6 is 0 Å². The zero-order valence-corrected chi connectivity index (χ0v) is 4.39. The van der Waals surface area contributed by atoms with E-state index in [1.807, 2.05) is 0 Å². The molecule has 0 amide bonds. The predicted octanol–water partition coefficient (Wildman–Crippen LogP) is 0.543. The van der Waals surface area contributed by atoms with Gasteiger partial charge in [-0.15, -0.1) is 0 Å². The molecule has 2 heteroatoms. The molecule has 0 aromatic carbocycles. The third-order valence-electron chi connectivity index (χ3n) is 0.557. The Kier molecular flexibility index (Phi) is 3.17. The molecule has 0 saturated heterocycles. The molecule has 0 fully saturated rings. The Morgan fingerprint density at radius 1 is 1.71 bits per heavy atom. The summed E-state index contributed by atoms with van der Waals surface area (Å²) in [4.78, 5) is 0. The number of hydrogen-bond acceptors (Lipinski definition) is 2. The Hall–Kier alpha value is -0.680. The molecule has 1 atom stereocenters. The monoisotopic (exact) mass is 99.0 g/mol. The first-order valence-electron chi connectivity index (χ1n) is 1.91. The minimum absolute atomic E-state index is 0.350. The fourth-order valence-electron chi connectivity index (χ4n) is 0.131. The van der Waals surface area contributed by atoms with E-state index in [9.17, 15) is 0 Å². The highest BCUT2D eigenvalue weighted by Crippen LogP contribution is 1.85. The normalized spacial score (nSPS) is 12.1. The van der Waals surface area contributed by atoms with Gasteiger partial charge in [0.15, 0.2) is 0 Å². The summed E-state index contributed by atoms with van der Waals surface area (Å²) in [5, 5.41) is 0. The van der Waals surface area contributed by atoms with E-state index in [2.05, 4.69) is 9.47 Å². The van der Waals surface area contributed by atoms with Crippen molar-refractivity contribution in [3.8, 4) is 6.11 Å². The summed E-state index contributed by atoms with van der Waals surface area (Å²) in [5.74, 6) is 0. The number of ether oxygens (including phenoxy) is 2. The zero-order valence-electron chi connectivity index (χ0n) is 4.39. The lowest BCUT2D eigenvalue weighted by molar-refractivity contribution is -0.0580. The number of methoxy groups -OCH3 is 1. The van der Waals surface area contributed by atoms with Gasteiger partial charge in [-0.2, -0.15) is 0 Å². The summed E-state index contributed by atoms with van der Waals surface area (Å²) in [6.45, 7) is 1.68. The van der Waals surface area contributed by atoms with E-state index in [4.69, 9.17) is 6.42 Å². The van der Waals surface area contributed by atoms with Gasteiger partial charge in [-0.1, -0.05) is 0 Å². The molecule has 0 aromatic heterocycles. The summed E-state index contributed by atoms with van der Waals surface area (Å²) in [6, 6.07) is 0. The molecule has 0 aliphatic heterocycles. The second-order valence-electron chi connectivity index (χ2n) is 1.02. The molecule has 0 N–H and O–H groups in total. The van der Waals surface area contributed by atoms with E-state index in [1.165, 1.54) is 7.11 Å². The molecule has 0 rings (SSSR count). The van der Waals surface area contributed by atoms with Gasteiger partial charge in [0.25, 0.3) is 0 Å². The van der Waals surface area contributed by atoms with Crippen LogP contribution in [-0.4, -0.2) is 13.4 Å². The second kappa shape index (κ2) is 3.51. The van der Waals surface area contributed by atoms with Crippen molar-refractivity contribution < 1.29 is 9.47 Å². The van der Waals surface area contributed by atoms with E-state index in [-0.39, 0.29) is 6.29 Å². The Morgan fingerprint density at radius 3 is 2.43 bits per heavy atom. The molecular weight excluding hydrogens is 92.1 g/mol. The number of rotatable bonds is 2. The standard InChI is InChI=1S/C5H7O2/c1-4-7-5(2)6-3/h5H,2-3H3. The van der Waals surface area contributed by atoms with Gasteiger partial charge in [-0.25, -0.2) is 0 Å². The van der Waals surface area contributed by atoms with E-state index < -0.39 is 0 Å². The average molecular weight is 99.1 g/mol. The largest absolute Gasteiger partial charge is 0.414 e. The van der Waals surface area contributed by atoms with Crippen molar-refractivity contribution in [2.75, 3.05) is 7.11 Å². The van der Waals surface area contributed by atoms with Gasteiger partial charge in [-0.05, 0) is 6.92 Å². The Labute approximate surface area is 43.4 Å². The Bertz CT molecular complexity index is 72.6. The lowest BCUT2D eigenvalue weighted by Gasteiger charge is -2.02. The molecule has 0 heterocycles. The van der Waals surface area contributed by atoms with Crippen LogP contribution in [0.5, 0.6) is 0 Å². The van der Waals surface area contributed by atoms with Crippen molar-refractivity contribution >= 4 is 0 Å². The summed E-state index contributed by atoms with van der Waals surface area (Å²) in [7, 11) is 1.50. The van der Waals surface area contributed by atoms with Crippen LogP contribution in [0.25, 0.3) is 0 Å². The topological polar surface area (TPSA) is 18.5 Å². The lowest BCUT2D eigenvalue weighted by atomic mass is 10.8. The molecule has 2 nitrogen and oxygen atoms in total. The van der Waals surface area contributed by atoms with Gasteiger partial charge in [0.1, 0.15) is 6.11 Å². The van der Waals surface area contributed by atoms with Gasteiger partial charge in [0.2, 0.25) is 6.29 Å². The highest BCUT2D eigenvalue weighted by Gasteiger charge is 1.91. The van der Waals surface area contributed by atoms with Crippen LogP contribution in [0.4, 0.5) is 0 Å². The van der Waals surface area contributed by atoms with Crippen LogP contribution in [0.15, 0.2) is 0 Å². The average Bonchev–Trinajstić information content (AvgIpc) is 1.68. The number of hydrogen-bond donors (Lipinski definition) is 0. The Balaban J connectivity index is 3.03. The van der Waals surface area contributed by atoms with Gasteiger partial charge < -0.3 is 9.47 Å². The highest BCUT2D eigenvalue weighted by atomic mass is 16.7. The van der Waals surface area contributed by atoms with E-state index in [0.29, 0.717) is 0 Å². The third kappa shape index (κ3) is 3.14. The minimum atomic E-state index is -0.350. The molecule has 1 radical (unpaired) electrons. The van der Waals surface area contributed by atoms with E-state index in [0.717, 1.165) is 0 Å². The first-order valence-corrected chi connectivity index (χ1v) is 1.91. The van der Waals surface area contributed by atoms with Crippen molar-refractivity contribution in [2.24, 2.45) is 0 Å². The maximum absolute atomic E-state index is 6.28. The van der Waals surface area contributed by atoms with Crippen LogP contribution < -0.4 is 0 Å². The molecule has 0 aliphatic carbocycles. The van der Waals surface area contributed by atoms with E-state index in [1.54, 1.807) is 13.0 Å². The summed E-state index contributed by atoms with van der Waals surface area (Å²) in [5.41, 5.74) is 0. The molecule has 0 aromatic rings. The van der Waals surface area contributed by atoms with Crippen LogP contribution in [0.2, 0.25) is 0 Å². The predicted molar refractivity (Wildman–Crippen MR) is 24.7 cm³/mol. The molecule has 7 heavy (non-hydrogen) atoms. The summed E-state index contributed by atoms with van der Waals surface area (Å²) in [6.07, 6.45) is 7.68.